The maximum absolute atomic E-state index is 11.2. The number of fused-ring (bicyclic) bond motifs is 1. The number of carboxylic acid groups (broad SMARTS) is 1. The van der Waals surface area contributed by atoms with Gasteiger partial charge in [0.25, 0.3) is 0 Å². The Morgan fingerprint density at radius 1 is 0.950 bits per heavy atom. The highest BCUT2D eigenvalue weighted by atomic mass is 32.2. The van der Waals surface area contributed by atoms with Gasteiger partial charge in [-0.15, -0.1) is 0 Å². The number of benzene rings is 1. The fourth-order valence-electron chi connectivity index (χ4n) is 1.90. The van der Waals surface area contributed by atoms with Crippen LogP contribution in [-0.2, 0) is 0 Å². The first-order valence-corrected chi connectivity index (χ1v) is 6.77. The minimum Gasteiger partial charge on any atom is -0.478 e. The third-order valence-electron chi connectivity index (χ3n) is 2.83. The second-order valence-electron chi connectivity index (χ2n) is 4.10. The Bertz CT molecular complexity index is 784. The molecule has 0 fully saturated rings. The molecule has 1 aromatic carbocycles. The highest BCUT2D eigenvalue weighted by Gasteiger charge is 2.13. The van der Waals surface area contributed by atoms with E-state index < -0.39 is 5.97 Å². The van der Waals surface area contributed by atoms with Crippen LogP contribution in [0.25, 0.3) is 10.8 Å². The van der Waals surface area contributed by atoms with Gasteiger partial charge in [0.1, 0.15) is 10.1 Å². The van der Waals surface area contributed by atoms with E-state index in [4.69, 9.17) is 0 Å². The molecular weight excluding hydrogens is 272 g/mol. The van der Waals surface area contributed by atoms with Crippen molar-refractivity contribution in [2.24, 2.45) is 0 Å². The summed E-state index contributed by atoms with van der Waals surface area (Å²) in [4.78, 5) is 19.7. The predicted molar refractivity (Wildman–Crippen MR) is 77.1 cm³/mol. The molecule has 2 aromatic heterocycles. The summed E-state index contributed by atoms with van der Waals surface area (Å²) in [6, 6.07) is 12.9. The molecule has 0 aliphatic heterocycles. The summed E-state index contributed by atoms with van der Waals surface area (Å²) in [5, 5.41) is 12.4. The second kappa shape index (κ2) is 5.30. The number of pyridine rings is 2. The van der Waals surface area contributed by atoms with Gasteiger partial charge in [0, 0.05) is 17.8 Å². The first kappa shape index (κ1) is 12.6. The molecular formula is C15H10N2O2S. The van der Waals surface area contributed by atoms with Crippen LogP contribution in [0.4, 0.5) is 0 Å². The van der Waals surface area contributed by atoms with Gasteiger partial charge in [-0.1, -0.05) is 24.3 Å². The maximum Gasteiger partial charge on any atom is 0.338 e. The summed E-state index contributed by atoms with van der Waals surface area (Å²) < 4.78 is 0. The Kier molecular flexibility index (Phi) is 3.35. The number of nitrogens with zero attached hydrogens (tertiary/aromatic N) is 2. The van der Waals surface area contributed by atoms with Crippen molar-refractivity contribution in [1.29, 1.82) is 0 Å². The van der Waals surface area contributed by atoms with Crippen LogP contribution in [0, 0.1) is 0 Å². The van der Waals surface area contributed by atoms with Gasteiger partial charge in [-0.2, -0.15) is 0 Å². The number of carbonyl (C=O) groups is 1. The van der Waals surface area contributed by atoms with Crippen molar-refractivity contribution < 1.29 is 9.90 Å². The van der Waals surface area contributed by atoms with Crippen LogP contribution in [-0.4, -0.2) is 21.0 Å². The molecule has 3 rings (SSSR count). The standard InChI is InChI=1S/C15H10N2O2S/c18-15(19)12-6-3-8-16-14(12)20-13-11-5-2-1-4-10(11)7-9-17-13/h1-9H,(H,18,19). The Morgan fingerprint density at radius 2 is 1.75 bits per heavy atom. The lowest BCUT2D eigenvalue weighted by Gasteiger charge is -2.06. The van der Waals surface area contributed by atoms with E-state index in [1.54, 1.807) is 24.5 Å². The molecule has 0 saturated carbocycles. The molecule has 5 heteroatoms. The summed E-state index contributed by atoms with van der Waals surface area (Å²) in [6.07, 6.45) is 3.30. The number of aromatic carboxylic acids is 1. The molecule has 0 radical (unpaired) electrons. The van der Waals surface area contributed by atoms with E-state index in [2.05, 4.69) is 9.97 Å². The van der Waals surface area contributed by atoms with Gasteiger partial charge in [0.2, 0.25) is 0 Å². The van der Waals surface area contributed by atoms with Gasteiger partial charge in [0.15, 0.2) is 0 Å². The highest BCUT2D eigenvalue weighted by molar-refractivity contribution is 7.99. The Morgan fingerprint density at radius 3 is 2.60 bits per heavy atom. The third kappa shape index (κ3) is 2.35. The lowest BCUT2D eigenvalue weighted by atomic mass is 10.2. The molecule has 0 unspecified atom stereocenters. The van der Waals surface area contributed by atoms with Crippen molar-refractivity contribution in [3.05, 3.63) is 60.4 Å². The molecule has 20 heavy (non-hydrogen) atoms. The number of aromatic nitrogens is 2. The van der Waals surface area contributed by atoms with Crippen LogP contribution in [0.5, 0.6) is 0 Å². The first-order chi connectivity index (χ1) is 9.75. The SMILES string of the molecule is O=C(O)c1cccnc1Sc1nccc2ccccc12. The van der Waals surface area contributed by atoms with E-state index in [-0.39, 0.29) is 5.56 Å². The number of carboxylic acids is 1. The topological polar surface area (TPSA) is 63.1 Å². The molecule has 4 nitrogen and oxygen atoms in total. The molecule has 98 valence electrons. The Labute approximate surface area is 119 Å². The smallest absolute Gasteiger partial charge is 0.338 e. The quantitative estimate of drug-likeness (QED) is 0.796. The zero-order chi connectivity index (χ0) is 13.9. The van der Waals surface area contributed by atoms with Crippen molar-refractivity contribution in [2.75, 3.05) is 0 Å². The lowest BCUT2D eigenvalue weighted by molar-refractivity contribution is 0.0692. The molecule has 0 aliphatic carbocycles. The second-order valence-corrected chi connectivity index (χ2v) is 5.08. The Hall–Kier alpha value is -2.40. The highest BCUT2D eigenvalue weighted by Crippen LogP contribution is 2.32. The summed E-state index contributed by atoms with van der Waals surface area (Å²) in [5.74, 6) is -0.985. The zero-order valence-electron chi connectivity index (χ0n) is 10.4. The number of hydrogen-bond acceptors (Lipinski definition) is 4. The van der Waals surface area contributed by atoms with E-state index >= 15 is 0 Å². The van der Waals surface area contributed by atoms with Crippen molar-refractivity contribution >= 4 is 28.5 Å². The van der Waals surface area contributed by atoms with E-state index in [0.29, 0.717) is 5.03 Å². The van der Waals surface area contributed by atoms with Crippen molar-refractivity contribution in [2.45, 2.75) is 10.1 Å². The van der Waals surface area contributed by atoms with Crippen molar-refractivity contribution in [1.82, 2.24) is 9.97 Å². The van der Waals surface area contributed by atoms with Gasteiger partial charge in [0.05, 0.1) is 5.56 Å². The molecule has 0 atom stereocenters. The van der Waals surface area contributed by atoms with Crippen LogP contribution in [0.2, 0.25) is 0 Å². The van der Waals surface area contributed by atoms with E-state index in [0.717, 1.165) is 15.8 Å². The van der Waals surface area contributed by atoms with Crippen LogP contribution in [0.1, 0.15) is 10.4 Å². The fraction of sp³-hybridized carbons (Fsp3) is 0. The van der Waals surface area contributed by atoms with E-state index in [1.165, 1.54) is 11.8 Å². The van der Waals surface area contributed by atoms with Gasteiger partial charge >= 0.3 is 5.97 Å². The normalized spacial score (nSPS) is 10.6. The average molecular weight is 282 g/mol. The number of rotatable bonds is 3. The van der Waals surface area contributed by atoms with E-state index in [9.17, 15) is 9.90 Å². The van der Waals surface area contributed by atoms with Crippen LogP contribution in [0.15, 0.2) is 64.9 Å². The van der Waals surface area contributed by atoms with Gasteiger partial charge in [-0.3, -0.25) is 0 Å². The molecule has 2 heterocycles. The van der Waals surface area contributed by atoms with Crippen LogP contribution < -0.4 is 0 Å². The van der Waals surface area contributed by atoms with Crippen molar-refractivity contribution in [3.8, 4) is 0 Å². The number of hydrogen-bond donors (Lipinski definition) is 1. The van der Waals surface area contributed by atoms with Crippen LogP contribution >= 0.6 is 11.8 Å². The molecule has 0 spiro atoms. The minimum absolute atomic E-state index is 0.187. The minimum atomic E-state index is -0.985. The molecule has 0 amide bonds. The lowest BCUT2D eigenvalue weighted by Crippen LogP contribution is -2.00. The monoisotopic (exact) mass is 282 g/mol. The zero-order valence-corrected chi connectivity index (χ0v) is 11.2. The summed E-state index contributed by atoms with van der Waals surface area (Å²) >= 11 is 1.27. The predicted octanol–water partition coefficient (Wildman–Crippen LogP) is 3.48. The fourth-order valence-corrected chi connectivity index (χ4v) is 2.87. The Balaban J connectivity index is 2.08. The molecule has 0 aliphatic rings. The molecule has 1 N–H and O–H groups in total. The van der Waals surface area contributed by atoms with Gasteiger partial charge < -0.3 is 5.11 Å². The molecule has 3 aromatic rings. The molecule has 0 saturated heterocycles. The van der Waals surface area contributed by atoms with Gasteiger partial charge in [-0.25, -0.2) is 14.8 Å². The van der Waals surface area contributed by atoms with Crippen LogP contribution in [0.3, 0.4) is 0 Å². The maximum atomic E-state index is 11.2. The van der Waals surface area contributed by atoms with Crippen molar-refractivity contribution in [3.63, 3.8) is 0 Å². The summed E-state index contributed by atoms with van der Waals surface area (Å²) in [6.45, 7) is 0. The summed E-state index contributed by atoms with van der Waals surface area (Å²) in [7, 11) is 0. The third-order valence-corrected chi connectivity index (χ3v) is 3.87. The first-order valence-electron chi connectivity index (χ1n) is 5.95. The van der Waals surface area contributed by atoms with E-state index in [1.807, 2.05) is 30.3 Å². The largest absolute Gasteiger partial charge is 0.478 e. The molecule has 0 bridgehead atoms. The summed E-state index contributed by atoms with van der Waals surface area (Å²) in [5.41, 5.74) is 0.187. The van der Waals surface area contributed by atoms with Gasteiger partial charge in [-0.05, 0) is 35.3 Å². The average Bonchev–Trinajstić information content (AvgIpc) is 2.48.